The third-order valence-corrected chi connectivity index (χ3v) is 10.5. The van der Waals surface area contributed by atoms with E-state index >= 15 is 0 Å². The van der Waals surface area contributed by atoms with Gasteiger partial charge in [0.05, 0.1) is 0 Å². The molecule has 0 aromatic carbocycles. The van der Waals surface area contributed by atoms with E-state index in [1.165, 1.54) is 231 Å². The Balaban J connectivity index is -0.000000886. The van der Waals surface area contributed by atoms with Crippen molar-refractivity contribution in [3.05, 3.63) is 0 Å². The molecule has 51 heavy (non-hydrogen) atoms. The maximum atomic E-state index is 10.3. The number of unbranched alkanes of at least 4 members (excludes halogenated alkanes) is 38. The Morgan fingerprint density at radius 1 is 0.255 bits per heavy atom. The van der Waals surface area contributed by atoms with Crippen molar-refractivity contribution in [1.82, 2.24) is 0 Å². The van der Waals surface area contributed by atoms with E-state index in [0.29, 0.717) is 0 Å². The summed E-state index contributed by atoms with van der Waals surface area (Å²) in [5.41, 5.74) is 0. The SMILES string of the molecule is CCCCCCCCCCCCCCCCCCCCCCC(=O)[O-].CCCCCCCCCCCCCCCCCCCCCCC(=O)[O-].[Ca+2]. The van der Waals surface area contributed by atoms with Crippen LogP contribution in [0.25, 0.3) is 0 Å². The van der Waals surface area contributed by atoms with E-state index in [1.807, 2.05) is 0 Å². The first-order valence-corrected chi connectivity index (χ1v) is 22.9. The molecule has 0 N–H and O–H groups in total. The molecule has 0 amide bonds. The zero-order valence-electron chi connectivity index (χ0n) is 35.0. The maximum Gasteiger partial charge on any atom is 2.00 e. The van der Waals surface area contributed by atoms with Crippen molar-refractivity contribution >= 4 is 49.7 Å². The number of rotatable bonds is 42. The molecule has 0 aromatic rings. The minimum Gasteiger partial charge on any atom is -0.550 e. The number of hydrogen-bond acceptors (Lipinski definition) is 4. The van der Waals surface area contributed by atoms with Gasteiger partial charge in [-0.25, -0.2) is 0 Å². The fourth-order valence-electron chi connectivity index (χ4n) is 7.05. The van der Waals surface area contributed by atoms with E-state index in [0.717, 1.165) is 25.7 Å². The van der Waals surface area contributed by atoms with E-state index in [9.17, 15) is 19.8 Å². The standard InChI is InChI=1S/2C23H46O2.Ca/c2*1-2-3-4-5-6-7-8-9-10-11-12-13-14-15-16-17-18-19-20-21-22-23(24)25;/h2*2-22H2,1H3,(H,24,25);/q;;+2/p-2. The molecular formula is C46H90CaO4. The van der Waals surface area contributed by atoms with Crippen LogP contribution in [0.3, 0.4) is 0 Å². The molecule has 0 bridgehead atoms. The molecule has 0 heterocycles. The first-order chi connectivity index (χ1) is 24.5. The Morgan fingerprint density at radius 2 is 0.373 bits per heavy atom. The minimum atomic E-state index is -0.901. The summed E-state index contributed by atoms with van der Waals surface area (Å²) in [5.74, 6) is -1.80. The van der Waals surface area contributed by atoms with Gasteiger partial charge in [-0.1, -0.05) is 258 Å². The van der Waals surface area contributed by atoms with Crippen molar-refractivity contribution in [2.75, 3.05) is 0 Å². The van der Waals surface area contributed by atoms with Crippen LogP contribution in [0.4, 0.5) is 0 Å². The Morgan fingerprint density at radius 3 is 0.490 bits per heavy atom. The molecule has 0 radical (unpaired) electrons. The second kappa shape index (κ2) is 52.3. The predicted octanol–water partition coefficient (Wildman–Crippen LogP) is 13.5. The number of hydrogen-bond donors (Lipinski definition) is 0. The van der Waals surface area contributed by atoms with Gasteiger partial charge in [-0.3, -0.25) is 0 Å². The van der Waals surface area contributed by atoms with Gasteiger partial charge in [0, 0.05) is 11.9 Å². The number of carboxylic acid groups (broad SMARTS) is 2. The van der Waals surface area contributed by atoms with Crippen LogP contribution in [0.5, 0.6) is 0 Å². The summed E-state index contributed by atoms with van der Waals surface area (Å²) in [6, 6.07) is 0. The van der Waals surface area contributed by atoms with Crippen LogP contribution in [0.2, 0.25) is 0 Å². The smallest absolute Gasteiger partial charge is 0.550 e. The Hall–Kier alpha value is 0.200. The largest absolute Gasteiger partial charge is 2.00 e. The number of carbonyl (C=O) groups is 2. The van der Waals surface area contributed by atoms with Crippen molar-refractivity contribution in [1.29, 1.82) is 0 Å². The summed E-state index contributed by atoms with van der Waals surface area (Å²) in [6.07, 6.45) is 54.4. The van der Waals surface area contributed by atoms with E-state index in [-0.39, 0.29) is 50.6 Å². The molecule has 300 valence electrons. The summed E-state index contributed by atoms with van der Waals surface area (Å²) < 4.78 is 0. The van der Waals surface area contributed by atoms with Crippen LogP contribution in [0, 0.1) is 0 Å². The molecule has 0 saturated heterocycles. The van der Waals surface area contributed by atoms with E-state index in [1.54, 1.807) is 0 Å². The third kappa shape index (κ3) is 59.7. The normalized spacial score (nSPS) is 10.9. The van der Waals surface area contributed by atoms with Gasteiger partial charge in [0.1, 0.15) is 0 Å². The molecule has 4 nitrogen and oxygen atoms in total. The molecule has 0 aliphatic carbocycles. The Bertz CT molecular complexity index is 587. The Kier molecular flexibility index (Phi) is 57.0. The number of carboxylic acids is 2. The van der Waals surface area contributed by atoms with E-state index < -0.39 is 11.9 Å². The second-order valence-corrected chi connectivity index (χ2v) is 15.7. The van der Waals surface area contributed by atoms with Crippen molar-refractivity contribution in [3.8, 4) is 0 Å². The molecule has 0 aliphatic heterocycles. The number of aliphatic carboxylic acids is 2. The van der Waals surface area contributed by atoms with Gasteiger partial charge < -0.3 is 19.8 Å². The zero-order valence-corrected chi connectivity index (χ0v) is 37.2. The Labute approximate surface area is 350 Å². The van der Waals surface area contributed by atoms with Crippen LogP contribution in [0.1, 0.15) is 284 Å². The molecule has 0 atom stereocenters. The van der Waals surface area contributed by atoms with Gasteiger partial charge >= 0.3 is 37.7 Å². The van der Waals surface area contributed by atoms with Crippen molar-refractivity contribution < 1.29 is 19.8 Å². The predicted molar refractivity (Wildman–Crippen MR) is 221 cm³/mol. The molecule has 0 fully saturated rings. The van der Waals surface area contributed by atoms with Gasteiger partial charge in [-0.15, -0.1) is 0 Å². The van der Waals surface area contributed by atoms with Crippen LogP contribution in [-0.4, -0.2) is 49.7 Å². The maximum absolute atomic E-state index is 10.3. The van der Waals surface area contributed by atoms with Crippen LogP contribution in [0.15, 0.2) is 0 Å². The van der Waals surface area contributed by atoms with E-state index in [2.05, 4.69) is 13.8 Å². The summed E-state index contributed by atoms with van der Waals surface area (Å²) in [7, 11) is 0. The van der Waals surface area contributed by atoms with Crippen molar-refractivity contribution in [3.63, 3.8) is 0 Å². The van der Waals surface area contributed by atoms with Crippen LogP contribution >= 0.6 is 0 Å². The van der Waals surface area contributed by atoms with E-state index in [4.69, 9.17) is 0 Å². The van der Waals surface area contributed by atoms with Crippen molar-refractivity contribution in [2.45, 2.75) is 284 Å². The third-order valence-electron chi connectivity index (χ3n) is 10.5. The molecule has 5 heteroatoms. The average Bonchev–Trinajstić information content (AvgIpc) is 3.10. The topological polar surface area (TPSA) is 80.3 Å². The van der Waals surface area contributed by atoms with Gasteiger partial charge in [0.25, 0.3) is 0 Å². The van der Waals surface area contributed by atoms with Crippen molar-refractivity contribution in [2.24, 2.45) is 0 Å². The van der Waals surface area contributed by atoms with Crippen LogP contribution in [-0.2, 0) is 9.59 Å². The summed E-state index contributed by atoms with van der Waals surface area (Å²) in [6.45, 7) is 4.57. The quantitative estimate of drug-likeness (QED) is 0.0460. The average molecular weight is 747 g/mol. The summed E-state index contributed by atoms with van der Waals surface area (Å²) in [5, 5.41) is 20.6. The molecule has 0 saturated carbocycles. The summed E-state index contributed by atoms with van der Waals surface area (Å²) in [4.78, 5) is 20.6. The molecule has 0 rings (SSSR count). The number of carbonyl (C=O) groups excluding carboxylic acids is 2. The van der Waals surface area contributed by atoms with Gasteiger partial charge in [0.15, 0.2) is 0 Å². The van der Waals surface area contributed by atoms with Crippen LogP contribution < -0.4 is 10.2 Å². The molecule has 0 spiro atoms. The molecule has 0 aromatic heterocycles. The minimum absolute atomic E-state index is 0. The molecular weight excluding hydrogens is 657 g/mol. The monoisotopic (exact) mass is 747 g/mol. The second-order valence-electron chi connectivity index (χ2n) is 15.7. The first-order valence-electron chi connectivity index (χ1n) is 22.9. The molecule has 0 aliphatic rings. The van der Waals surface area contributed by atoms with Gasteiger partial charge in [-0.2, -0.15) is 0 Å². The fraction of sp³-hybridized carbons (Fsp3) is 0.957. The zero-order chi connectivity index (χ0) is 36.9. The molecule has 0 unspecified atom stereocenters. The summed E-state index contributed by atoms with van der Waals surface area (Å²) >= 11 is 0. The van der Waals surface area contributed by atoms with Gasteiger partial charge in [-0.05, 0) is 25.7 Å². The first kappa shape index (κ1) is 55.5. The van der Waals surface area contributed by atoms with Gasteiger partial charge in [0.2, 0.25) is 0 Å². The fourth-order valence-corrected chi connectivity index (χ4v) is 7.05.